The summed E-state index contributed by atoms with van der Waals surface area (Å²) in [5, 5.41) is 3.13. The van der Waals surface area contributed by atoms with E-state index in [1.165, 1.54) is 11.1 Å². The molecular weight excluding hydrogens is 326 g/mol. The summed E-state index contributed by atoms with van der Waals surface area (Å²) in [7, 11) is 3.26. The fourth-order valence-electron chi connectivity index (χ4n) is 2.69. The molecule has 0 heterocycles. The molecule has 0 aliphatic heterocycles. The Morgan fingerprint density at radius 1 is 1.15 bits per heavy atom. The molecule has 0 amide bonds. The second-order valence-corrected chi connectivity index (χ2v) is 6.11. The molecule has 2 aromatic carbocycles. The van der Waals surface area contributed by atoms with Crippen LogP contribution in [0.2, 0.25) is 0 Å². The number of benzene rings is 2. The van der Waals surface area contributed by atoms with Crippen molar-refractivity contribution in [2.75, 3.05) is 19.5 Å². The summed E-state index contributed by atoms with van der Waals surface area (Å²) in [5.74, 6) is 1.77. The van der Waals surface area contributed by atoms with Crippen LogP contribution in [0.3, 0.4) is 0 Å². The summed E-state index contributed by atoms with van der Waals surface area (Å²) in [6.07, 6.45) is 2.52. The third-order valence-corrected chi connectivity index (χ3v) is 4.19. The Hall–Kier alpha value is -2.95. The van der Waals surface area contributed by atoms with E-state index in [0.29, 0.717) is 24.7 Å². The predicted octanol–water partition coefficient (Wildman–Crippen LogP) is 3.98. The van der Waals surface area contributed by atoms with Crippen molar-refractivity contribution in [2.24, 2.45) is 10.7 Å². The number of anilines is 1. The summed E-state index contributed by atoms with van der Waals surface area (Å²) < 4.78 is 10.9. The highest BCUT2D eigenvalue weighted by molar-refractivity contribution is 5.92. The quantitative estimate of drug-likeness (QED) is 0.449. The molecule has 2 aromatic rings. The van der Waals surface area contributed by atoms with Crippen LogP contribution in [0.25, 0.3) is 0 Å². The van der Waals surface area contributed by atoms with Gasteiger partial charge >= 0.3 is 0 Å². The van der Waals surface area contributed by atoms with Crippen molar-refractivity contribution in [3.63, 3.8) is 0 Å². The summed E-state index contributed by atoms with van der Waals surface area (Å²) >= 11 is 0. The lowest BCUT2D eigenvalue weighted by Gasteiger charge is -2.14. The van der Waals surface area contributed by atoms with Crippen LogP contribution in [-0.2, 0) is 13.0 Å². The topological polar surface area (TPSA) is 68.9 Å². The highest BCUT2D eigenvalue weighted by Gasteiger charge is 2.11. The molecule has 5 heteroatoms. The maximum Gasteiger partial charge on any atom is 0.193 e. The van der Waals surface area contributed by atoms with Crippen LogP contribution in [-0.4, -0.2) is 20.2 Å². The van der Waals surface area contributed by atoms with E-state index in [1.54, 1.807) is 14.2 Å². The molecule has 138 valence electrons. The number of ether oxygens (including phenoxy) is 2. The number of methoxy groups -OCH3 is 2. The van der Waals surface area contributed by atoms with Crippen LogP contribution < -0.4 is 20.5 Å². The maximum absolute atomic E-state index is 6.03. The maximum atomic E-state index is 6.03. The van der Waals surface area contributed by atoms with E-state index in [9.17, 15) is 0 Å². The zero-order valence-corrected chi connectivity index (χ0v) is 15.9. The molecular formula is C21H27N3O2. The van der Waals surface area contributed by atoms with Crippen LogP contribution >= 0.6 is 0 Å². The lowest BCUT2D eigenvalue weighted by molar-refractivity contribution is 0.352. The van der Waals surface area contributed by atoms with E-state index in [-0.39, 0.29) is 0 Å². The zero-order valence-electron chi connectivity index (χ0n) is 15.9. The van der Waals surface area contributed by atoms with Crippen LogP contribution in [0.15, 0.2) is 48.0 Å². The molecule has 0 unspecified atom stereocenters. The summed E-state index contributed by atoms with van der Waals surface area (Å²) in [6.45, 7) is 8.38. The number of allylic oxidation sites excluding steroid dienone is 1. The van der Waals surface area contributed by atoms with Gasteiger partial charge in [-0.25, -0.2) is 4.99 Å². The second-order valence-electron chi connectivity index (χ2n) is 6.11. The smallest absolute Gasteiger partial charge is 0.193 e. The molecule has 0 radical (unpaired) electrons. The molecule has 0 aromatic heterocycles. The molecule has 0 atom stereocenters. The number of guanidine groups is 1. The minimum absolute atomic E-state index is 0.369. The van der Waals surface area contributed by atoms with E-state index < -0.39 is 0 Å². The van der Waals surface area contributed by atoms with Gasteiger partial charge in [0.25, 0.3) is 0 Å². The average molecular weight is 353 g/mol. The predicted molar refractivity (Wildman–Crippen MR) is 108 cm³/mol. The van der Waals surface area contributed by atoms with Crippen molar-refractivity contribution in [3.8, 4) is 11.5 Å². The molecule has 2 rings (SSSR count). The fourth-order valence-corrected chi connectivity index (χ4v) is 2.69. The molecule has 0 fully saturated rings. The SMILES string of the molecule is C=CCc1cc(CN=C(N)Nc2ccc(C)c(C)c2)cc(OC)c1OC. The molecule has 3 N–H and O–H groups in total. The van der Waals surface area contributed by atoms with Crippen molar-refractivity contribution in [1.29, 1.82) is 0 Å². The third-order valence-electron chi connectivity index (χ3n) is 4.19. The first-order valence-electron chi connectivity index (χ1n) is 8.47. The largest absolute Gasteiger partial charge is 0.493 e. The van der Waals surface area contributed by atoms with E-state index in [1.807, 2.05) is 24.3 Å². The number of nitrogens with one attached hydrogen (secondary N) is 1. The lowest BCUT2D eigenvalue weighted by atomic mass is 10.1. The first kappa shape index (κ1) is 19.4. The minimum atomic E-state index is 0.369. The highest BCUT2D eigenvalue weighted by atomic mass is 16.5. The number of hydrogen-bond donors (Lipinski definition) is 2. The van der Waals surface area contributed by atoms with Crippen molar-refractivity contribution in [3.05, 3.63) is 65.2 Å². The third kappa shape index (κ3) is 4.79. The van der Waals surface area contributed by atoms with Crippen molar-refractivity contribution >= 4 is 11.6 Å². The van der Waals surface area contributed by atoms with E-state index in [0.717, 1.165) is 22.6 Å². The number of nitrogens with zero attached hydrogens (tertiary/aromatic N) is 1. The van der Waals surface area contributed by atoms with Crippen molar-refractivity contribution < 1.29 is 9.47 Å². The number of aliphatic imine (C=N–C) groups is 1. The Labute approximate surface area is 155 Å². The summed E-state index contributed by atoms with van der Waals surface area (Å²) in [5.41, 5.74) is 11.4. The van der Waals surface area contributed by atoms with Gasteiger partial charge in [-0.15, -0.1) is 6.58 Å². The molecule has 5 nitrogen and oxygen atoms in total. The molecule has 0 aliphatic rings. The highest BCUT2D eigenvalue weighted by Crippen LogP contribution is 2.33. The van der Waals surface area contributed by atoms with Gasteiger partial charge in [-0.1, -0.05) is 12.1 Å². The molecule has 0 spiro atoms. The first-order chi connectivity index (χ1) is 12.5. The average Bonchev–Trinajstić information content (AvgIpc) is 2.63. The summed E-state index contributed by atoms with van der Waals surface area (Å²) in [6, 6.07) is 10.1. The van der Waals surface area contributed by atoms with Crippen LogP contribution in [0.4, 0.5) is 5.69 Å². The first-order valence-corrected chi connectivity index (χ1v) is 8.47. The van der Waals surface area contributed by atoms with Gasteiger partial charge in [0.1, 0.15) is 0 Å². The van der Waals surface area contributed by atoms with Gasteiger partial charge in [0.2, 0.25) is 0 Å². The monoisotopic (exact) mass is 353 g/mol. The number of nitrogens with two attached hydrogens (primary N) is 1. The van der Waals surface area contributed by atoms with E-state index >= 15 is 0 Å². The Balaban J connectivity index is 2.18. The number of rotatable bonds is 7. The van der Waals surface area contributed by atoms with Gasteiger partial charge in [0, 0.05) is 11.3 Å². The minimum Gasteiger partial charge on any atom is -0.493 e. The van der Waals surface area contributed by atoms with Gasteiger partial charge < -0.3 is 20.5 Å². The number of hydrogen-bond acceptors (Lipinski definition) is 3. The molecule has 0 bridgehead atoms. The van der Waals surface area contributed by atoms with Crippen LogP contribution in [0, 0.1) is 13.8 Å². The van der Waals surface area contributed by atoms with Crippen LogP contribution in [0.5, 0.6) is 11.5 Å². The molecule has 0 saturated carbocycles. The second kappa shape index (κ2) is 8.94. The summed E-state index contributed by atoms with van der Waals surface area (Å²) in [4.78, 5) is 4.44. The number of aryl methyl sites for hydroxylation is 2. The molecule has 0 aliphatic carbocycles. The van der Waals surface area contributed by atoms with Gasteiger partial charge in [-0.05, 0) is 61.2 Å². The fraction of sp³-hybridized carbons (Fsp3) is 0.286. The Morgan fingerprint density at radius 3 is 2.54 bits per heavy atom. The Bertz CT molecular complexity index is 813. The normalized spacial score (nSPS) is 11.2. The van der Waals surface area contributed by atoms with Crippen molar-refractivity contribution in [2.45, 2.75) is 26.8 Å². The molecule has 0 saturated heterocycles. The van der Waals surface area contributed by atoms with Gasteiger partial charge in [0.15, 0.2) is 17.5 Å². The Kier molecular flexibility index (Phi) is 6.67. The zero-order chi connectivity index (χ0) is 19.1. The van der Waals surface area contributed by atoms with E-state index in [4.69, 9.17) is 15.2 Å². The van der Waals surface area contributed by atoms with Gasteiger partial charge in [0.05, 0.1) is 20.8 Å². The van der Waals surface area contributed by atoms with Crippen molar-refractivity contribution in [1.82, 2.24) is 0 Å². The standard InChI is InChI=1S/C21H27N3O2/c1-6-7-17-11-16(12-19(25-4)20(17)26-5)13-23-21(22)24-18-9-8-14(2)15(3)10-18/h6,8-12H,1,7,13H2,2-5H3,(H3,22,23,24). The van der Waals surface area contributed by atoms with E-state index in [2.05, 4.69) is 42.9 Å². The molecule has 26 heavy (non-hydrogen) atoms. The van der Waals surface area contributed by atoms with Gasteiger partial charge in [-0.3, -0.25) is 0 Å². The Morgan fingerprint density at radius 2 is 1.92 bits per heavy atom. The van der Waals surface area contributed by atoms with Crippen LogP contribution in [0.1, 0.15) is 22.3 Å². The lowest BCUT2D eigenvalue weighted by Crippen LogP contribution is -2.22. The van der Waals surface area contributed by atoms with Gasteiger partial charge in [-0.2, -0.15) is 0 Å².